The van der Waals surface area contributed by atoms with Crippen molar-refractivity contribution in [3.63, 3.8) is 0 Å². The number of nitrogens with one attached hydrogen (secondary N) is 2. The summed E-state index contributed by atoms with van der Waals surface area (Å²) in [4.78, 5) is 19.7. The number of halogens is 2. The van der Waals surface area contributed by atoms with Gasteiger partial charge in [0.2, 0.25) is 0 Å². The van der Waals surface area contributed by atoms with Crippen LogP contribution in [0.25, 0.3) is 0 Å². The molecule has 4 aromatic heterocycles. The maximum atomic E-state index is 11.3. The van der Waals surface area contributed by atoms with E-state index in [0.29, 0.717) is 17.3 Å². The van der Waals surface area contributed by atoms with Crippen molar-refractivity contribution < 1.29 is 45.6 Å². The molecule has 4 aromatic rings. The van der Waals surface area contributed by atoms with Crippen LogP contribution in [0.15, 0.2) is 57.7 Å². The first-order chi connectivity index (χ1) is 16.3. The molecule has 0 aromatic carbocycles. The fourth-order valence-corrected chi connectivity index (χ4v) is 3.39. The quantitative estimate of drug-likeness (QED) is 0.210. The zero-order chi connectivity index (χ0) is 24.7. The van der Waals surface area contributed by atoms with Crippen LogP contribution in [0.5, 0.6) is 0 Å². The average molecular weight is 645 g/mol. The van der Waals surface area contributed by atoms with E-state index in [0.717, 1.165) is 20.6 Å². The molecule has 0 amide bonds. The summed E-state index contributed by atoms with van der Waals surface area (Å²) in [5.74, 6) is 2.35. The number of carbonyl (C=O) groups excluding carboxylic acids is 1. The Morgan fingerprint density at radius 2 is 1.46 bits per heavy atom. The van der Waals surface area contributed by atoms with Crippen molar-refractivity contribution in [3.8, 4) is 0 Å². The second-order valence-electron chi connectivity index (χ2n) is 6.80. The van der Waals surface area contributed by atoms with E-state index in [1.54, 1.807) is 48.0 Å². The van der Waals surface area contributed by atoms with Gasteiger partial charge >= 0.3 is 35.5 Å². The van der Waals surface area contributed by atoms with Crippen LogP contribution in [0, 0.1) is 0 Å². The second-order valence-corrected chi connectivity index (χ2v) is 8.63. The van der Waals surface area contributed by atoms with E-state index < -0.39 is 5.97 Å². The number of hydrogen-bond donors (Lipinski definition) is 3. The van der Waals surface area contributed by atoms with Gasteiger partial charge in [0.25, 0.3) is 0 Å². The number of carbonyl (C=O) groups is 1. The third kappa shape index (κ3) is 10.2. The fraction of sp³-hybridized carbons (Fsp3) is 0.227. The third-order valence-electron chi connectivity index (χ3n) is 4.32. The van der Waals surface area contributed by atoms with Crippen LogP contribution in [-0.4, -0.2) is 56.1 Å². The van der Waals surface area contributed by atoms with Crippen molar-refractivity contribution in [3.05, 3.63) is 69.1 Å². The SMILES string of the molecule is C.COC(=O)c1cc(Nc2cc(Br)ccn2)n(C)n1.Cn1nc(CO)cc1Nc1cc(Br)ccn1.[B].[H-].[Na+]. The summed E-state index contributed by atoms with van der Waals surface area (Å²) in [6.45, 7) is -0.0680. The van der Waals surface area contributed by atoms with Gasteiger partial charge in [-0.25, -0.2) is 14.8 Å². The molecule has 0 saturated carbocycles. The number of nitrogens with zero attached hydrogens (tertiary/aromatic N) is 6. The van der Waals surface area contributed by atoms with E-state index >= 15 is 0 Å². The van der Waals surface area contributed by atoms with Gasteiger partial charge in [0, 0.05) is 56.0 Å². The Morgan fingerprint density at radius 3 is 1.89 bits per heavy atom. The van der Waals surface area contributed by atoms with E-state index in [1.807, 2.05) is 24.3 Å². The molecule has 0 unspecified atom stereocenters. The fourth-order valence-electron chi connectivity index (χ4n) is 2.72. The van der Waals surface area contributed by atoms with Crippen LogP contribution in [-0.2, 0) is 25.4 Å². The number of ether oxygens (including phenoxy) is 1. The molecular formula is C22H27BBr2N8NaO3. The molecule has 4 heterocycles. The maximum Gasteiger partial charge on any atom is 1.00 e. The number of aliphatic hydroxyl groups excluding tert-OH is 1. The molecule has 0 aliphatic carbocycles. The Balaban J connectivity index is 0. The van der Waals surface area contributed by atoms with E-state index in [1.165, 1.54) is 7.11 Å². The molecule has 0 saturated heterocycles. The Kier molecular flexibility index (Phi) is 15.6. The Morgan fingerprint density at radius 1 is 0.973 bits per heavy atom. The molecule has 37 heavy (non-hydrogen) atoms. The molecule has 0 aliphatic heterocycles. The summed E-state index contributed by atoms with van der Waals surface area (Å²) < 4.78 is 9.69. The van der Waals surface area contributed by atoms with E-state index in [2.05, 4.69) is 67.4 Å². The topological polar surface area (TPSA) is 132 Å². The van der Waals surface area contributed by atoms with Crippen molar-refractivity contribution in [2.24, 2.45) is 14.1 Å². The number of aromatic nitrogens is 6. The summed E-state index contributed by atoms with van der Waals surface area (Å²) in [6.07, 6.45) is 3.37. The molecule has 191 valence electrons. The van der Waals surface area contributed by atoms with Gasteiger partial charge in [0.15, 0.2) is 5.69 Å². The molecule has 4 rings (SSSR count). The van der Waals surface area contributed by atoms with Gasteiger partial charge in [-0.2, -0.15) is 10.2 Å². The molecule has 0 bridgehead atoms. The molecule has 15 heteroatoms. The van der Waals surface area contributed by atoms with Crippen LogP contribution in [0.1, 0.15) is 25.0 Å². The van der Waals surface area contributed by atoms with E-state index in [-0.39, 0.29) is 59.1 Å². The Bertz CT molecular complexity index is 1300. The van der Waals surface area contributed by atoms with Gasteiger partial charge in [0.05, 0.1) is 19.4 Å². The molecule has 11 nitrogen and oxygen atoms in total. The smallest absolute Gasteiger partial charge is 1.00 e. The molecule has 0 spiro atoms. The number of esters is 1. The van der Waals surface area contributed by atoms with Crippen molar-refractivity contribution in [2.45, 2.75) is 14.0 Å². The van der Waals surface area contributed by atoms with Gasteiger partial charge in [-0.05, 0) is 24.3 Å². The number of anilines is 4. The van der Waals surface area contributed by atoms with Gasteiger partial charge in [0.1, 0.15) is 23.3 Å². The summed E-state index contributed by atoms with van der Waals surface area (Å²) in [5, 5.41) is 23.3. The summed E-state index contributed by atoms with van der Waals surface area (Å²) in [6, 6.07) is 10.8. The van der Waals surface area contributed by atoms with Gasteiger partial charge in [-0.15, -0.1) is 0 Å². The van der Waals surface area contributed by atoms with E-state index in [4.69, 9.17) is 5.11 Å². The number of pyridine rings is 2. The molecule has 3 N–H and O–H groups in total. The molecule has 0 atom stereocenters. The Labute approximate surface area is 258 Å². The minimum Gasteiger partial charge on any atom is -1.00 e. The number of aryl methyl sites for hydroxylation is 2. The van der Waals surface area contributed by atoms with Gasteiger partial charge in [-0.1, -0.05) is 39.3 Å². The number of aliphatic hydroxyl groups is 1. The van der Waals surface area contributed by atoms with E-state index in [9.17, 15) is 4.79 Å². The monoisotopic (exact) mass is 643 g/mol. The predicted molar refractivity (Wildman–Crippen MR) is 148 cm³/mol. The second kappa shape index (κ2) is 16.6. The van der Waals surface area contributed by atoms with Crippen LogP contribution in [0.2, 0.25) is 0 Å². The standard InChI is InChI=1S/C11H11BrN4O2.C10H11BrN4O.CH4.B.Na.H/c1-16-10(6-8(15-16)11(17)18-2)14-9-5-7(12)3-4-13-9;1-15-10(5-8(6-16)14-15)13-9-4-7(11)2-3-12-9;;;;/h3-6H,1-2H3,(H,13,14);2-5,16H,6H2,1H3,(H,12,13);1H4;;;/q;;;;+1;-1. The van der Waals surface area contributed by atoms with Crippen LogP contribution < -0.4 is 40.2 Å². The number of rotatable bonds is 6. The van der Waals surface area contributed by atoms with Crippen LogP contribution in [0.3, 0.4) is 0 Å². The first-order valence-electron chi connectivity index (χ1n) is 9.82. The summed E-state index contributed by atoms with van der Waals surface area (Å²) >= 11 is 6.73. The van der Waals surface area contributed by atoms with Gasteiger partial charge in [-0.3, -0.25) is 9.36 Å². The zero-order valence-electron chi connectivity index (χ0n) is 21.1. The first kappa shape index (κ1) is 34.8. The predicted octanol–water partition coefficient (Wildman–Crippen LogP) is 1.29. The minimum absolute atomic E-state index is 0. The molecule has 0 aliphatic rings. The third-order valence-corrected chi connectivity index (χ3v) is 5.31. The average Bonchev–Trinajstić information content (AvgIpc) is 3.35. The van der Waals surface area contributed by atoms with Crippen LogP contribution >= 0.6 is 31.9 Å². The summed E-state index contributed by atoms with van der Waals surface area (Å²) in [7, 11) is 4.85. The maximum absolute atomic E-state index is 11.3. The summed E-state index contributed by atoms with van der Waals surface area (Å²) in [5.41, 5.74) is 0.873. The largest absolute Gasteiger partial charge is 1.00 e. The minimum atomic E-state index is -0.471. The Hall–Kier alpha value is -2.23. The van der Waals surface area contributed by atoms with Gasteiger partial charge < -0.3 is 21.9 Å². The first-order valence-corrected chi connectivity index (χ1v) is 11.4. The van der Waals surface area contributed by atoms with Crippen molar-refractivity contribution in [1.29, 1.82) is 0 Å². The van der Waals surface area contributed by atoms with Crippen LogP contribution in [0.4, 0.5) is 23.3 Å². The zero-order valence-corrected chi connectivity index (χ0v) is 25.3. The normalized spacial score (nSPS) is 9.46. The number of methoxy groups -OCH3 is 1. The van der Waals surface area contributed by atoms with Crippen molar-refractivity contribution in [1.82, 2.24) is 29.5 Å². The molecule has 3 radical (unpaired) electrons. The number of hydrogen-bond acceptors (Lipinski definition) is 9. The van der Waals surface area contributed by atoms with Crippen molar-refractivity contribution in [2.75, 3.05) is 17.7 Å². The molecular weight excluding hydrogens is 618 g/mol. The molecule has 0 fully saturated rings. The van der Waals surface area contributed by atoms with Crippen molar-refractivity contribution >= 4 is 69.5 Å².